The first-order valence-corrected chi connectivity index (χ1v) is 10.5. The maximum Gasteiger partial charge on any atom is 0.168 e. The minimum Gasteiger partial charge on any atom is -0.493 e. The number of nitrogens with one attached hydrogen (secondary N) is 1. The Balaban J connectivity index is 1.84. The van der Waals surface area contributed by atoms with Crippen LogP contribution in [0.4, 0.5) is 26.0 Å². The average molecular weight is 463 g/mol. The highest BCUT2D eigenvalue weighted by Gasteiger charge is 2.11. The first-order valence-electron chi connectivity index (χ1n) is 10.5. The van der Waals surface area contributed by atoms with Gasteiger partial charge in [-0.05, 0) is 36.3 Å². The van der Waals surface area contributed by atoms with Crippen LogP contribution in [0.2, 0.25) is 0 Å². The van der Waals surface area contributed by atoms with Crippen molar-refractivity contribution in [1.29, 1.82) is 5.26 Å². The van der Waals surface area contributed by atoms with Crippen molar-refractivity contribution in [3.05, 3.63) is 77.5 Å². The molecule has 0 amide bonds. The number of allylic oxidation sites excluding steroid dienone is 1. The lowest BCUT2D eigenvalue weighted by molar-refractivity contribution is 0.256. The van der Waals surface area contributed by atoms with Crippen molar-refractivity contribution in [3.63, 3.8) is 0 Å². The highest BCUT2D eigenvalue weighted by molar-refractivity contribution is 5.84. The zero-order valence-corrected chi connectivity index (χ0v) is 19.0. The van der Waals surface area contributed by atoms with Crippen molar-refractivity contribution in [2.75, 3.05) is 19.0 Å². The van der Waals surface area contributed by atoms with E-state index in [0.717, 1.165) is 17.7 Å². The Bertz CT molecular complexity index is 1230. The molecule has 1 N–H and O–H groups in total. The number of aliphatic imine (C=N–C) groups is 1. The molecule has 0 aliphatic heterocycles. The van der Waals surface area contributed by atoms with Crippen molar-refractivity contribution in [1.82, 2.24) is 4.98 Å². The molecule has 0 aliphatic carbocycles. The number of nitrogens with zero attached hydrogens (tertiary/aromatic N) is 3. The highest BCUT2D eigenvalue weighted by Crippen LogP contribution is 2.33. The quantitative estimate of drug-likeness (QED) is 0.371. The SMILES string of the molecule is COc1cccc(/C=C/C=Nc2cc(F)c(F)cc2Nc2ccc(C#N)cn2)c1OCC(C)C. The summed E-state index contributed by atoms with van der Waals surface area (Å²) in [5.74, 6) is -0.110. The Morgan fingerprint density at radius 3 is 2.65 bits per heavy atom. The lowest BCUT2D eigenvalue weighted by atomic mass is 10.1. The molecule has 2 aromatic carbocycles. The Kier molecular flexibility index (Phi) is 8.30. The van der Waals surface area contributed by atoms with Gasteiger partial charge in [-0.15, -0.1) is 0 Å². The molecule has 0 atom stereocenters. The van der Waals surface area contributed by atoms with E-state index in [9.17, 15) is 8.78 Å². The smallest absolute Gasteiger partial charge is 0.168 e. The van der Waals surface area contributed by atoms with Crippen LogP contribution < -0.4 is 14.8 Å². The number of hydrogen-bond donors (Lipinski definition) is 1. The zero-order chi connectivity index (χ0) is 24.5. The maximum atomic E-state index is 13.9. The number of hydrogen-bond acceptors (Lipinski definition) is 6. The van der Waals surface area contributed by atoms with Crippen molar-refractivity contribution in [2.45, 2.75) is 13.8 Å². The summed E-state index contributed by atoms with van der Waals surface area (Å²) in [7, 11) is 1.58. The van der Waals surface area contributed by atoms with Crippen LogP contribution >= 0.6 is 0 Å². The monoisotopic (exact) mass is 462 g/mol. The molecule has 0 spiro atoms. The van der Waals surface area contributed by atoms with Crippen molar-refractivity contribution in [2.24, 2.45) is 10.9 Å². The van der Waals surface area contributed by atoms with Crippen LogP contribution in [-0.4, -0.2) is 24.9 Å². The zero-order valence-electron chi connectivity index (χ0n) is 19.0. The first kappa shape index (κ1) is 24.4. The predicted molar refractivity (Wildman–Crippen MR) is 129 cm³/mol. The summed E-state index contributed by atoms with van der Waals surface area (Å²) in [6.07, 6.45) is 6.30. The number of para-hydroxylation sites is 1. The molecule has 3 rings (SSSR count). The molecule has 0 saturated heterocycles. The van der Waals surface area contributed by atoms with Gasteiger partial charge in [-0.2, -0.15) is 5.26 Å². The first-order chi connectivity index (χ1) is 16.4. The fourth-order valence-electron chi connectivity index (χ4n) is 2.91. The lowest BCUT2D eigenvalue weighted by Gasteiger charge is -2.14. The van der Waals surface area contributed by atoms with Gasteiger partial charge in [-0.1, -0.05) is 26.0 Å². The van der Waals surface area contributed by atoms with Crippen LogP contribution in [0.15, 0.2) is 59.7 Å². The fourth-order valence-corrected chi connectivity index (χ4v) is 2.91. The van der Waals surface area contributed by atoms with E-state index in [-0.39, 0.29) is 11.4 Å². The Hall–Kier alpha value is -4.25. The topological polar surface area (TPSA) is 79.5 Å². The van der Waals surface area contributed by atoms with Gasteiger partial charge < -0.3 is 14.8 Å². The predicted octanol–water partition coefficient (Wildman–Crippen LogP) is 6.43. The van der Waals surface area contributed by atoms with Crippen LogP contribution in [0.25, 0.3) is 6.08 Å². The minimum atomic E-state index is -1.02. The molecule has 0 saturated carbocycles. The van der Waals surface area contributed by atoms with Crippen LogP contribution in [0.5, 0.6) is 11.5 Å². The fraction of sp³-hybridized carbons (Fsp3) is 0.192. The number of anilines is 2. The van der Waals surface area contributed by atoms with Crippen LogP contribution in [0.1, 0.15) is 25.0 Å². The number of benzene rings is 2. The largest absolute Gasteiger partial charge is 0.493 e. The van der Waals surface area contributed by atoms with Crippen molar-refractivity contribution >= 4 is 29.5 Å². The summed E-state index contributed by atoms with van der Waals surface area (Å²) in [5, 5.41) is 11.8. The second kappa shape index (κ2) is 11.6. The highest BCUT2D eigenvalue weighted by atomic mass is 19.2. The van der Waals surface area contributed by atoms with Crippen LogP contribution in [0.3, 0.4) is 0 Å². The lowest BCUT2D eigenvalue weighted by Crippen LogP contribution is -2.06. The van der Waals surface area contributed by atoms with Crippen molar-refractivity contribution in [3.8, 4) is 17.6 Å². The normalized spacial score (nSPS) is 11.2. The number of nitriles is 1. The van der Waals surface area contributed by atoms with E-state index in [2.05, 4.69) is 29.1 Å². The minimum absolute atomic E-state index is 0.177. The number of ether oxygens (including phenoxy) is 2. The summed E-state index contributed by atoms with van der Waals surface area (Å²) in [6, 6.07) is 12.6. The molecule has 34 heavy (non-hydrogen) atoms. The molecule has 1 heterocycles. The van der Waals surface area contributed by atoms with E-state index in [1.165, 1.54) is 12.4 Å². The summed E-state index contributed by atoms with van der Waals surface area (Å²) in [6.45, 7) is 4.64. The molecule has 0 aliphatic rings. The summed E-state index contributed by atoms with van der Waals surface area (Å²) in [5.41, 5.74) is 1.57. The van der Waals surface area contributed by atoms with Crippen LogP contribution in [-0.2, 0) is 0 Å². The number of methoxy groups -OCH3 is 1. The van der Waals surface area contributed by atoms with Gasteiger partial charge in [0.1, 0.15) is 11.9 Å². The van der Waals surface area contributed by atoms with E-state index < -0.39 is 11.6 Å². The number of pyridine rings is 1. The Labute approximate surface area is 197 Å². The molecule has 174 valence electrons. The number of rotatable bonds is 9. The summed E-state index contributed by atoms with van der Waals surface area (Å²) < 4.78 is 39.1. The molecule has 1 aromatic heterocycles. The Morgan fingerprint density at radius 1 is 1.18 bits per heavy atom. The number of aromatic nitrogens is 1. The molecule has 0 radical (unpaired) electrons. The maximum absolute atomic E-state index is 13.9. The second-order valence-corrected chi connectivity index (χ2v) is 7.67. The van der Waals surface area contributed by atoms with Gasteiger partial charge in [0.25, 0.3) is 0 Å². The average Bonchev–Trinajstić information content (AvgIpc) is 2.83. The summed E-state index contributed by atoms with van der Waals surface area (Å²) in [4.78, 5) is 8.35. The molecular formula is C26H24F2N4O2. The van der Waals surface area contributed by atoms with Gasteiger partial charge in [0.2, 0.25) is 0 Å². The molecule has 8 heteroatoms. The van der Waals surface area contributed by atoms with Gasteiger partial charge in [0.05, 0.1) is 30.7 Å². The molecule has 0 unspecified atom stereocenters. The van der Waals surface area contributed by atoms with Gasteiger partial charge in [0, 0.05) is 30.1 Å². The second-order valence-electron chi connectivity index (χ2n) is 7.67. The standard InChI is InChI=1S/C26H24F2N4O2/c1-17(2)16-34-26-19(6-4-8-24(26)33-3)7-5-11-30-22-12-20(27)21(28)13-23(22)32-25-10-9-18(14-29)15-31-25/h4-13,15,17H,16H2,1-3H3,(H,31,32)/b7-5+,30-11?. The molecular weight excluding hydrogens is 438 g/mol. The third-order valence-corrected chi connectivity index (χ3v) is 4.56. The van der Waals surface area contributed by atoms with Crippen molar-refractivity contribution < 1.29 is 18.3 Å². The third kappa shape index (κ3) is 6.39. The summed E-state index contributed by atoms with van der Waals surface area (Å²) >= 11 is 0. The molecule has 6 nitrogen and oxygen atoms in total. The van der Waals surface area contributed by atoms with Gasteiger partial charge in [-0.25, -0.2) is 13.8 Å². The third-order valence-electron chi connectivity index (χ3n) is 4.56. The van der Waals surface area contributed by atoms with Gasteiger partial charge >= 0.3 is 0 Å². The molecule has 0 fully saturated rings. The van der Waals surface area contributed by atoms with Gasteiger partial charge in [-0.3, -0.25) is 4.99 Å². The van der Waals surface area contributed by atoms with E-state index in [0.29, 0.717) is 35.4 Å². The van der Waals surface area contributed by atoms with Crippen LogP contribution in [0, 0.1) is 28.9 Å². The molecule has 0 bridgehead atoms. The van der Waals surface area contributed by atoms with E-state index in [4.69, 9.17) is 14.7 Å². The molecule has 3 aromatic rings. The Morgan fingerprint density at radius 2 is 1.97 bits per heavy atom. The number of halogens is 2. The van der Waals surface area contributed by atoms with E-state index in [1.54, 1.807) is 31.4 Å². The van der Waals surface area contributed by atoms with E-state index in [1.807, 2.05) is 24.3 Å². The van der Waals surface area contributed by atoms with E-state index >= 15 is 0 Å². The van der Waals surface area contributed by atoms with Gasteiger partial charge in [0.15, 0.2) is 23.1 Å².